The lowest BCUT2D eigenvalue weighted by atomic mass is 9.87. The molecular weight excluding hydrogens is 276 g/mol. The van der Waals surface area contributed by atoms with E-state index in [4.69, 9.17) is 0 Å². The molecular formula is C23H50. The van der Waals surface area contributed by atoms with Crippen molar-refractivity contribution >= 4 is 0 Å². The Hall–Kier alpha value is -0.780. The number of rotatable bonds is 0. The standard InChI is InChI=1S/C10H14.C5H12.C3H8.2C2H6.CH4/c1-10(2,3)9-7-5-4-6-8-9;1-5(2,3)4;1-3-2;2*1-2;/h4-8H,1-3H3;1-4H3;3H2,1-2H3;2*1-2H3;1H4. The van der Waals surface area contributed by atoms with Gasteiger partial charge in [-0.3, -0.25) is 0 Å². The predicted octanol–water partition coefficient (Wildman–Crippen LogP) is 9.14. The van der Waals surface area contributed by atoms with Gasteiger partial charge in [-0.15, -0.1) is 0 Å². The first kappa shape index (κ1) is 33.7. The third-order valence-corrected chi connectivity index (χ3v) is 1.64. The highest BCUT2D eigenvalue weighted by Crippen LogP contribution is 2.20. The molecule has 0 heteroatoms. The molecule has 0 aliphatic rings. The van der Waals surface area contributed by atoms with Gasteiger partial charge in [-0.1, -0.05) is 134 Å². The number of hydrogen-bond acceptors (Lipinski definition) is 0. The number of hydrogen-bond donors (Lipinski definition) is 0. The topological polar surface area (TPSA) is 0 Å². The van der Waals surface area contributed by atoms with Crippen molar-refractivity contribution < 1.29 is 0 Å². The Morgan fingerprint density at radius 2 is 0.870 bits per heavy atom. The summed E-state index contributed by atoms with van der Waals surface area (Å²) in [6, 6.07) is 10.6. The third kappa shape index (κ3) is 44.9. The Bertz CT molecular complexity index is 263. The molecule has 0 atom stereocenters. The average Bonchev–Trinajstić information content (AvgIpc) is 2.42. The van der Waals surface area contributed by atoms with Gasteiger partial charge >= 0.3 is 0 Å². The van der Waals surface area contributed by atoms with Crippen LogP contribution in [-0.2, 0) is 5.41 Å². The van der Waals surface area contributed by atoms with Crippen LogP contribution in [0.2, 0.25) is 0 Å². The van der Waals surface area contributed by atoms with E-state index in [0.717, 1.165) is 0 Å². The normalized spacial score (nSPS) is 8.91. The Labute approximate surface area is 151 Å². The monoisotopic (exact) mass is 326 g/mol. The average molecular weight is 327 g/mol. The molecule has 0 saturated carbocycles. The summed E-state index contributed by atoms with van der Waals surface area (Å²) in [6.07, 6.45) is 1.25. The molecule has 0 aliphatic carbocycles. The lowest BCUT2D eigenvalue weighted by Gasteiger charge is -2.18. The highest BCUT2D eigenvalue weighted by Gasteiger charge is 2.11. The van der Waals surface area contributed by atoms with Crippen molar-refractivity contribution in [3.63, 3.8) is 0 Å². The van der Waals surface area contributed by atoms with E-state index < -0.39 is 0 Å². The molecule has 0 unspecified atom stereocenters. The van der Waals surface area contributed by atoms with Crippen LogP contribution in [0.1, 0.15) is 109 Å². The van der Waals surface area contributed by atoms with Crippen molar-refractivity contribution in [1.82, 2.24) is 0 Å². The molecule has 0 saturated heterocycles. The van der Waals surface area contributed by atoms with Crippen molar-refractivity contribution in [2.75, 3.05) is 0 Å². The van der Waals surface area contributed by atoms with Crippen LogP contribution in [0.4, 0.5) is 0 Å². The van der Waals surface area contributed by atoms with Crippen LogP contribution in [0.5, 0.6) is 0 Å². The predicted molar refractivity (Wildman–Crippen MR) is 116 cm³/mol. The molecule has 0 heterocycles. The van der Waals surface area contributed by atoms with E-state index in [9.17, 15) is 0 Å². The first-order valence-electron chi connectivity index (χ1n) is 9.07. The molecule has 0 aliphatic heterocycles. The van der Waals surface area contributed by atoms with Crippen molar-refractivity contribution in [2.45, 2.75) is 109 Å². The molecule has 0 bridgehead atoms. The van der Waals surface area contributed by atoms with E-state index in [1.54, 1.807) is 0 Å². The van der Waals surface area contributed by atoms with Crippen LogP contribution in [-0.4, -0.2) is 0 Å². The van der Waals surface area contributed by atoms with Gasteiger partial charge in [0.15, 0.2) is 0 Å². The van der Waals surface area contributed by atoms with Gasteiger partial charge in [-0.05, 0) is 16.4 Å². The van der Waals surface area contributed by atoms with Gasteiger partial charge in [0.25, 0.3) is 0 Å². The molecule has 0 amide bonds. The van der Waals surface area contributed by atoms with Crippen LogP contribution in [0.25, 0.3) is 0 Å². The Morgan fingerprint density at radius 1 is 0.652 bits per heavy atom. The summed E-state index contributed by atoms with van der Waals surface area (Å²) < 4.78 is 0. The maximum Gasteiger partial charge on any atom is -0.0132 e. The highest BCUT2D eigenvalue weighted by molar-refractivity contribution is 5.21. The summed E-state index contributed by atoms with van der Waals surface area (Å²) in [5.41, 5.74) is 2.19. The summed E-state index contributed by atoms with van der Waals surface area (Å²) >= 11 is 0. The smallest absolute Gasteiger partial charge is 0.0132 e. The van der Waals surface area contributed by atoms with Crippen LogP contribution < -0.4 is 0 Å². The Kier molecular flexibility index (Phi) is 31.1. The highest BCUT2D eigenvalue weighted by atomic mass is 14.2. The minimum Gasteiger partial charge on any atom is -0.0776 e. The van der Waals surface area contributed by atoms with E-state index in [-0.39, 0.29) is 7.43 Å². The fourth-order valence-corrected chi connectivity index (χ4v) is 0.938. The summed E-state index contributed by atoms with van der Waals surface area (Å²) in [5.74, 6) is 0. The SMILES string of the molecule is C.CC.CC.CC(C)(C)C.CC(C)(C)c1ccccc1.CCC. The van der Waals surface area contributed by atoms with Gasteiger partial charge in [0.2, 0.25) is 0 Å². The van der Waals surface area contributed by atoms with Crippen LogP contribution in [0.3, 0.4) is 0 Å². The lowest BCUT2D eigenvalue weighted by Crippen LogP contribution is -2.10. The molecule has 23 heavy (non-hydrogen) atoms. The summed E-state index contributed by atoms with van der Waals surface area (Å²) in [5, 5.41) is 0. The van der Waals surface area contributed by atoms with Crippen LogP contribution >= 0.6 is 0 Å². The Morgan fingerprint density at radius 3 is 1.00 bits per heavy atom. The molecule has 1 rings (SSSR count). The molecule has 142 valence electrons. The van der Waals surface area contributed by atoms with E-state index >= 15 is 0 Å². The molecule has 0 N–H and O–H groups in total. The summed E-state index contributed by atoms with van der Waals surface area (Å²) in [6.45, 7) is 27.7. The Balaban J connectivity index is -0.0000000712. The quantitative estimate of drug-likeness (QED) is 0.445. The van der Waals surface area contributed by atoms with Crippen LogP contribution in [0, 0.1) is 5.41 Å². The molecule has 1 aromatic carbocycles. The zero-order chi connectivity index (χ0) is 18.8. The summed E-state index contributed by atoms with van der Waals surface area (Å²) in [7, 11) is 0. The molecule has 0 nitrogen and oxygen atoms in total. The van der Waals surface area contributed by atoms with Gasteiger partial charge in [-0.2, -0.15) is 0 Å². The van der Waals surface area contributed by atoms with Crippen LogP contribution in [0.15, 0.2) is 30.3 Å². The zero-order valence-electron chi connectivity index (χ0n) is 18.1. The minimum absolute atomic E-state index is 0. The summed E-state index contributed by atoms with van der Waals surface area (Å²) in [4.78, 5) is 0. The van der Waals surface area contributed by atoms with E-state index in [0.29, 0.717) is 10.8 Å². The minimum atomic E-state index is 0. The van der Waals surface area contributed by atoms with Crippen molar-refractivity contribution in [3.05, 3.63) is 35.9 Å². The maximum absolute atomic E-state index is 2.22. The molecule has 0 aromatic heterocycles. The van der Waals surface area contributed by atoms with Crippen molar-refractivity contribution in [2.24, 2.45) is 5.41 Å². The number of benzene rings is 1. The second-order valence-corrected chi connectivity index (χ2v) is 7.32. The van der Waals surface area contributed by atoms with Gasteiger partial charge in [-0.25, -0.2) is 0 Å². The second-order valence-electron chi connectivity index (χ2n) is 7.32. The first-order valence-corrected chi connectivity index (χ1v) is 9.07. The zero-order valence-corrected chi connectivity index (χ0v) is 18.1. The van der Waals surface area contributed by atoms with Crippen molar-refractivity contribution in [1.29, 1.82) is 0 Å². The maximum atomic E-state index is 2.22. The fourth-order valence-electron chi connectivity index (χ4n) is 0.938. The lowest BCUT2D eigenvalue weighted by molar-refractivity contribution is 0.469. The second kappa shape index (κ2) is 21.2. The fraction of sp³-hybridized carbons (Fsp3) is 0.739. The van der Waals surface area contributed by atoms with Gasteiger partial charge in [0.05, 0.1) is 0 Å². The van der Waals surface area contributed by atoms with Crippen molar-refractivity contribution in [3.8, 4) is 0 Å². The largest absolute Gasteiger partial charge is 0.0776 e. The van der Waals surface area contributed by atoms with E-state index in [2.05, 4.69) is 92.6 Å². The van der Waals surface area contributed by atoms with E-state index in [1.807, 2.05) is 27.7 Å². The van der Waals surface area contributed by atoms with Gasteiger partial charge in [0, 0.05) is 0 Å². The first-order chi connectivity index (χ1) is 10.0. The van der Waals surface area contributed by atoms with E-state index in [1.165, 1.54) is 12.0 Å². The van der Waals surface area contributed by atoms with Gasteiger partial charge in [0.1, 0.15) is 0 Å². The molecule has 0 fully saturated rings. The molecule has 0 spiro atoms. The third-order valence-electron chi connectivity index (χ3n) is 1.64. The van der Waals surface area contributed by atoms with Gasteiger partial charge < -0.3 is 0 Å². The molecule has 0 radical (unpaired) electrons. The molecule has 1 aromatic rings.